The van der Waals surface area contributed by atoms with E-state index in [0.29, 0.717) is 39.6 Å². The van der Waals surface area contributed by atoms with Crippen molar-refractivity contribution in [1.29, 1.82) is 0 Å². The fourth-order valence-corrected chi connectivity index (χ4v) is 0.842. The van der Waals surface area contributed by atoms with Crippen LogP contribution in [0, 0.1) is 0 Å². The fraction of sp³-hybridized carbons (Fsp3) is 0.900. The van der Waals surface area contributed by atoms with Crippen LogP contribution in [0.5, 0.6) is 0 Å². The SMILES string of the molecule is CCOCCOCCOCCC(=O)OC. The summed E-state index contributed by atoms with van der Waals surface area (Å²) in [5.74, 6) is -0.257. The molecule has 0 rings (SSSR count). The van der Waals surface area contributed by atoms with Gasteiger partial charge >= 0.3 is 5.97 Å². The molecule has 0 amide bonds. The zero-order valence-corrected chi connectivity index (χ0v) is 9.49. The Bertz CT molecular complexity index is 149. The van der Waals surface area contributed by atoms with E-state index >= 15 is 0 Å². The van der Waals surface area contributed by atoms with E-state index in [1.54, 1.807) is 0 Å². The average Bonchev–Trinajstić information content (AvgIpc) is 2.26. The Morgan fingerprint density at radius 3 is 2.00 bits per heavy atom. The summed E-state index contributed by atoms with van der Waals surface area (Å²) in [7, 11) is 1.36. The Morgan fingerprint density at radius 2 is 1.47 bits per heavy atom. The highest BCUT2D eigenvalue weighted by atomic mass is 16.5. The van der Waals surface area contributed by atoms with Gasteiger partial charge in [0.05, 0.1) is 46.6 Å². The van der Waals surface area contributed by atoms with Gasteiger partial charge in [0.25, 0.3) is 0 Å². The second-order valence-electron chi connectivity index (χ2n) is 2.75. The number of methoxy groups -OCH3 is 1. The van der Waals surface area contributed by atoms with Crippen LogP contribution in [0.4, 0.5) is 0 Å². The molecule has 0 radical (unpaired) electrons. The third-order valence-corrected chi connectivity index (χ3v) is 1.63. The number of rotatable bonds is 10. The molecule has 0 spiro atoms. The van der Waals surface area contributed by atoms with Crippen molar-refractivity contribution in [1.82, 2.24) is 0 Å². The van der Waals surface area contributed by atoms with E-state index in [1.165, 1.54) is 7.11 Å². The summed E-state index contributed by atoms with van der Waals surface area (Å²) in [6, 6.07) is 0. The molecule has 0 aliphatic carbocycles. The summed E-state index contributed by atoms with van der Waals surface area (Å²) in [6.07, 6.45) is 0.287. The van der Waals surface area contributed by atoms with E-state index in [2.05, 4.69) is 4.74 Å². The van der Waals surface area contributed by atoms with Crippen LogP contribution in [-0.2, 0) is 23.7 Å². The minimum Gasteiger partial charge on any atom is -0.469 e. The number of hydrogen-bond acceptors (Lipinski definition) is 5. The van der Waals surface area contributed by atoms with Crippen LogP contribution in [0.15, 0.2) is 0 Å². The lowest BCUT2D eigenvalue weighted by atomic mass is 10.5. The Labute approximate surface area is 90.6 Å². The van der Waals surface area contributed by atoms with Gasteiger partial charge in [0.1, 0.15) is 0 Å². The van der Waals surface area contributed by atoms with Crippen LogP contribution in [-0.4, -0.2) is 52.7 Å². The molecular formula is C10H20O5. The van der Waals surface area contributed by atoms with Gasteiger partial charge < -0.3 is 18.9 Å². The van der Waals surface area contributed by atoms with Crippen molar-refractivity contribution in [3.8, 4) is 0 Å². The fourth-order valence-electron chi connectivity index (χ4n) is 0.842. The molecule has 90 valence electrons. The summed E-state index contributed by atoms with van der Waals surface area (Å²) < 4.78 is 19.9. The maximum Gasteiger partial charge on any atom is 0.307 e. The van der Waals surface area contributed by atoms with Crippen molar-refractivity contribution in [3.63, 3.8) is 0 Å². The van der Waals surface area contributed by atoms with E-state index in [1.807, 2.05) is 6.92 Å². The minimum absolute atomic E-state index is 0.257. The molecule has 0 aromatic heterocycles. The third-order valence-electron chi connectivity index (χ3n) is 1.63. The first kappa shape index (κ1) is 14.3. The molecule has 0 fully saturated rings. The first-order chi connectivity index (χ1) is 7.31. The van der Waals surface area contributed by atoms with Crippen LogP contribution < -0.4 is 0 Å². The summed E-state index contributed by atoms with van der Waals surface area (Å²) in [5.41, 5.74) is 0. The lowest BCUT2D eigenvalue weighted by Crippen LogP contribution is -2.11. The zero-order chi connectivity index (χ0) is 11.4. The van der Waals surface area contributed by atoms with Crippen LogP contribution in [0.2, 0.25) is 0 Å². The monoisotopic (exact) mass is 220 g/mol. The predicted molar refractivity (Wildman–Crippen MR) is 54.8 cm³/mol. The quantitative estimate of drug-likeness (QED) is 0.399. The van der Waals surface area contributed by atoms with Gasteiger partial charge in [0.2, 0.25) is 0 Å². The Balaban J connectivity index is 2.95. The Hall–Kier alpha value is -0.650. The van der Waals surface area contributed by atoms with Crippen molar-refractivity contribution in [2.24, 2.45) is 0 Å². The summed E-state index contributed by atoms with van der Waals surface area (Å²) in [6.45, 7) is 5.22. The molecule has 0 aliphatic rings. The van der Waals surface area contributed by atoms with Gasteiger partial charge in [-0.3, -0.25) is 4.79 Å². The van der Waals surface area contributed by atoms with Crippen molar-refractivity contribution in [2.45, 2.75) is 13.3 Å². The zero-order valence-electron chi connectivity index (χ0n) is 9.49. The van der Waals surface area contributed by atoms with Crippen molar-refractivity contribution in [3.05, 3.63) is 0 Å². The Morgan fingerprint density at radius 1 is 0.933 bits per heavy atom. The van der Waals surface area contributed by atoms with E-state index in [0.717, 1.165) is 0 Å². The maximum atomic E-state index is 10.7. The highest BCUT2D eigenvalue weighted by molar-refractivity contribution is 5.69. The molecular weight excluding hydrogens is 200 g/mol. The molecule has 0 saturated carbocycles. The number of carbonyl (C=O) groups excluding carboxylic acids is 1. The second kappa shape index (κ2) is 11.4. The molecule has 0 aliphatic heterocycles. The van der Waals surface area contributed by atoms with Gasteiger partial charge in [-0.15, -0.1) is 0 Å². The summed E-state index contributed by atoms with van der Waals surface area (Å²) in [5, 5.41) is 0. The largest absolute Gasteiger partial charge is 0.469 e. The van der Waals surface area contributed by atoms with Crippen molar-refractivity contribution in [2.75, 3.05) is 46.8 Å². The van der Waals surface area contributed by atoms with Crippen molar-refractivity contribution < 1.29 is 23.7 Å². The predicted octanol–water partition coefficient (Wildman–Crippen LogP) is 0.619. The number of carbonyl (C=O) groups is 1. The summed E-state index contributed by atoms with van der Waals surface area (Å²) >= 11 is 0. The second-order valence-corrected chi connectivity index (χ2v) is 2.75. The first-order valence-electron chi connectivity index (χ1n) is 5.11. The molecule has 5 heteroatoms. The van der Waals surface area contributed by atoms with Gasteiger partial charge in [-0.1, -0.05) is 0 Å². The van der Waals surface area contributed by atoms with Crippen LogP contribution in [0.25, 0.3) is 0 Å². The van der Waals surface area contributed by atoms with Gasteiger partial charge in [0, 0.05) is 6.61 Å². The van der Waals surface area contributed by atoms with E-state index in [4.69, 9.17) is 14.2 Å². The molecule has 0 aromatic carbocycles. The minimum atomic E-state index is -0.257. The topological polar surface area (TPSA) is 54.0 Å². The molecule has 0 aromatic rings. The lowest BCUT2D eigenvalue weighted by Gasteiger charge is -2.05. The molecule has 0 unspecified atom stereocenters. The number of ether oxygens (including phenoxy) is 4. The molecule has 0 saturated heterocycles. The van der Waals surface area contributed by atoms with E-state index < -0.39 is 0 Å². The molecule has 0 atom stereocenters. The van der Waals surface area contributed by atoms with E-state index in [9.17, 15) is 4.79 Å². The van der Waals surface area contributed by atoms with Crippen LogP contribution >= 0.6 is 0 Å². The molecule has 5 nitrogen and oxygen atoms in total. The summed E-state index contributed by atoms with van der Waals surface area (Å²) in [4.78, 5) is 10.7. The van der Waals surface area contributed by atoms with Gasteiger partial charge in [0.15, 0.2) is 0 Å². The first-order valence-corrected chi connectivity index (χ1v) is 5.11. The molecule has 15 heavy (non-hydrogen) atoms. The normalized spacial score (nSPS) is 10.3. The third kappa shape index (κ3) is 11.3. The van der Waals surface area contributed by atoms with E-state index in [-0.39, 0.29) is 12.4 Å². The highest BCUT2D eigenvalue weighted by Crippen LogP contribution is 1.86. The maximum absolute atomic E-state index is 10.7. The Kier molecular flexibility index (Phi) is 10.9. The van der Waals surface area contributed by atoms with Gasteiger partial charge in [-0.2, -0.15) is 0 Å². The average molecular weight is 220 g/mol. The lowest BCUT2D eigenvalue weighted by molar-refractivity contribution is -0.141. The smallest absolute Gasteiger partial charge is 0.307 e. The number of hydrogen-bond donors (Lipinski definition) is 0. The molecule has 0 bridgehead atoms. The van der Waals surface area contributed by atoms with Crippen LogP contribution in [0.3, 0.4) is 0 Å². The molecule has 0 N–H and O–H groups in total. The molecule has 0 heterocycles. The van der Waals surface area contributed by atoms with Gasteiger partial charge in [-0.25, -0.2) is 0 Å². The standard InChI is InChI=1S/C10H20O5/c1-3-13-6-7-15-9-8-14-5-4-10(11)12-2/h3-9H2,1-2H3. The van der Waals surface area contributed by atoms with Crippen LogP contribution in [0.1, 0.15) is 13.3 Å². The van der Waals surface area contributed by atoms with Gasteiger partial charge in [-0.05, 0) is 6.92 Å². The highest BCUT2D eigenvalue weighted by Gasteiger charge is 1.98. The van der Waals surface area contributed by atoms with Crippen molar-refractivity contribution >= 4 is 5.97 Å². The number of esters is 1.